The van der Waals surface area contributed by atoms with Gasteiger partial charge in [0.15, 0.2) is 0 Å². The molecule has 0 aliphatic carbocycles. The minimum atomic E-state index is -0.681. The Kier molecular flexibility index (Phi) is 10.1. The molecule has 270 valence electrons. The lowest BCUT2D eigenvalue weighted by Crippen LogP contribution is -2.60. The number of rotatable bonds is 6. The average molecular weight is 674 g/mol. The number of ether oxygens (including phenoxy) is 3. The van der Waals surface area contributed by atoms with Crippen LogP contribution in [0.1, 0.15) is 153 Å². The van der Waals surface area contributed by atoms with Crippen molar-refractivity contribution in [2.24, 2.45) is 0 Å². The first-order valence-electron chi connectivity index (χ1n) is 17.2. The lowest BCUT2D eigenvalue weighted by molar-refractivity contribution is -0.256. The Labute approximate surface area is 286 Å². The second kappa shape index (κ2) is 12.6. The van der Waals surface area contributed by atoms with Crippen LogP contribution in [-0.4, -0.2) is 102 Å². The van der Waals surface area contributed by atoms with Crippen LogP contribution in [0.25, 0.3) is 0 Å². The summed E-state index contributed by atoms with van der Waals surface area (Å²) in [7, 11) is 2.07. The summed E-state index contributed by atoms with van der Waals surface area (Å²) in [5, 5.41) is 24.1. The van der Waals surface area contributed by atoms with E-state index >= 15 is 0 Å². The van der Waals surface area contributed by atoms with Crippen LogP contribution in [-0.2, 0) is 14.2 Å². The molecule has 0 unspecified atom stereocenters. The highest BCUT2D eigenvalue weighted by Gasteiger charge is 2.48. The van der Waals surface area contributed by atoms with Gasteiger partial charge in [-0.1, -0.05) is 0 Å². The van der Waals surface area contributed by atoms with E-state index in [2.05, 4.69) is 39.6 Å². The fraction of sp³-hybridized carbons (Fsp3) is 0.757. The Balaban J connectivity index is 1.64. The molecular weight excluding hydrogens is 614 g/mol. The van der Waals surface area contributed by atoms with E-state index in [9.17, 15) is 24.8 Å². The van der Waals surface area contributed by atoms with Crippen molar-refractivity contribution in [1.29, 1.82) is 0 Å². The second-order valence-corrected chi connectivity index (χ2v) is 18.2. The molecule has 0 amide bonds. The van der Waals surface area contributed by atoms with Crippen molar-refractivity contribution in [3.63, 3.8) is 0 Å². The zero-order valence-corrected chi connectivity index (χ0v) is 31.4. The molecule has 0 saturated carbocycles. The van der Waals surface area contributed by atoms with E-state index in [-0.39, 0.29) is 33.9 Å². The molecule has 11 heteroatoms. The summed E-state index contributed by atoms with van der Waals surface area (Å²) in [4.78, 5) is 43.5. The van der Waals surface area contributed by atoms with Gasteiger partial charge in [0.25, 0.3) is 0 Å². The van der Waals surface area contributed by atoms with Gasteiger partial charge in [-0.15, -0.1) is 0 Å². The first-order valence-corrected chi connectivity index (χ1v) is 17.2. The summed E-state index contributed by atoms with van der Waals surface area (Å²) in [5.41, 5.74) is -2.88. The molecule has 3 heterocycles. The van der Waals surface area contributed by atoms with Crippen LogP contribution < -0.4 is 0 Å². The van der Waals surface area contributed by atoms with Gasteiger partial charge in [0.1, 0.15) is 18.3 Å². The van der Waals surface area contributed by atoms with Gasteiger partial charge in [0, 0.05) is 71.8 Å². The molecule has 0 spiro atoms. The normalized spacial score (nSPS) is 26.1. The lowest BCUT2D eigenvalue weighted by atomic mass is 9.78. The number of likely N-dealkylation sites (tertiary alicyclic amines) is 1. The number of esters is 3. The van der Waals surface area contributed by atoms with E-state index in [0.29, 0.717) is 38.5 Å². The minimum absolute atomic E-state index is 0.0355. The molecule has 0 aromatic heterocycles. The molecule has 0 bridgehead atoms. The maximum atomic E-state index is 13.8. The number of hydrogen-bond donors (Lipinski definition) is 2. The topological polar surface area (TPSA) is 129 Å². The fourth-order valence-electron chi connectivity index (χ4n) is 8.53. The van der Waals surface area contributed by atoms with Crippen LogP contribution >= 0.6 is 0 Å². The van der Waals surface area contributed by atoms with E-state index < -0.39 is 52.3 Å². The summed E-state index contributed by atoms with van der Waals surface area (Å²) < 4.78 is 18.0. The van der Waals surface area contributed by atoms with Crippen molar-refractivity contribution < 1.29 is 39.0 Å². The largest absolute Gasteiger partial charge is 0.459 e. The predicted octanol–water partition coefficient (Wildman–Crippen LogP) is 6.63. The number of benzene rings is 1. The molecule has 3 aliphatic rings. The zero-order valence-electron chi connectivity index (χ0n) is 31.4. The van der Waals surface area contributed by atoms with Crippen molar-refractivity contribution in [3.05, 3.63) is 34.9 Å². The van der Waals surface area contributed by atoms with E-state index in [0.717, 1.165) is 0 Å². The molecule has 48 heavy (non-hydrogen) atoms. The van der Waals surface area contributed by atoms with Crippen LogP contribution in [0.3, 0.4) is 0 Å². The van der Waals surface area contributed by atoms with Crippen LogP contribution in [0.15, 0.2) is 18.2 Å². The predicted molar refractivity (Wildman–Crippen MR) is 181 cm³/mol. The van der Waals surface area contributed by atoms with Crippen molar-refractivity contribution in [2.75, 3.05) is 7.05 Å². The van der Waals surface area contributed by atoms with E-state index in [1.165, 1.54) is 28.3 Å². The van der Waals surface area contributed by atoms with Gasteiger partial charge in [0.05, 0.1) is 16.7 Å². The van der Waals surface area contributed by atoms with Crippen molar-refractivity contribution >= 4 is 17.9 Å². The molecule has 2 N–H and O–H groups in total. The molecule has 3 fully saturated rings. The Hall–Kier alpha value is -2.57. The summed E-state index contributed by atoms with van der Waals surface area (Å²) >= 11 is 0. The van der Waals surface area contributed by atoms with E-state index in [1.54, 1.807) is 0 Å². The van der Waals surface area contributed by atoms with E-state index in [4.69, 9.17) is 14.2 Å². The number of hydrogen-bond acceptors (Lipinski definition) is 11. The number of hydroxylamine groups is 4. The maximum Gasteiger partial charge on any atom is 0.338 e. The molecule has 1 aromatic rings. The first kappa shape index (κ1) is 38.2. The van der Waals surface area contributed by atoms with Gasteiger partial charge in [0.2, 0.25) is 0 Å². The molecule has 1 aromatic carbocycles. The van der Waals surface area contributed by atoms with Gasteiger partial charge in [-0.05, 0) is 108 Å². The lowest BCUT2D eigenvalue weighted by Gasteiger charge is -2.53. The second-order valence-electron chi connectivity index (χ2n) is 18.2. The molecular formula is C37H59N3O8. The highest BCUT2D eigenvalue weighted by Crippen LogP contribution is 2.41. The van der Waals surface area contributed by atoms with Gasteiger partial charge in [-0.3, -0.25) is 4.90 Å². The molecule has 11 nitrogen and oxygen atoms in total. The Morgan fingerprint density at radius 1 is 0.500 bits per heavy atom. The number of carbonyl (C=O) groups excluding carboxylic acids is 3. The third-order valence-corrected chi connectivity index (χ3v) is 10.9. The van der Waals surface area contributed by atoms with Crippen molar-refractivity contribution in [1.82, 2.24) is 15.0 Å². The van der Waals surface area contributed by atoms with Crippen LogP contribution in [0.5, 0.6) is 0 Å². The highest BCUT2D eigenvalue weighted by molar-refractivity contribution is 6.00. The number of nitrogens with zero attached hydrogens (tertiary/aromatic N) is 3. The molecule has 0 atom stereocenters. The van der Waals surface area contributed by atoms with Gasteiger partial charge in [-0.25, -0.2) is 14.4 Å². The summed E-state index contributed by atoms with van der Waals surface area (Å²) in [5.74, 6) is -2.00. The molecule has 3 aliphatic heterocycles. The fourth-order valence-corrected chi connectivity index (χ4v) is 8.53. The maximum absolute atomic E-state index is 13.8. The van der Waals surface area contributed by atoms with Crippen LogP contribution in [0.2, 0.25) is 0 Å². The zero-order chi connectivity index (χ0) is 36.4. The minimum Gasteiger partial charge on any atom is -0.459 e. The molecule has 4 rings (SSSR count). The average Bonchev–Trinajstić information content (AvgIpc) is 2.92. The third-order valence-electron chi connectivity index (χ3n) is 10.9. The van der Waals surface area contributed by atoms with Crippen molar-refractivity contribution in [2.45, 2.75) is 173 Å². The molecule has 0 radical (unpaired) electrons. The Morgan fingerprint density at radius 3 is 0.938 bits per heavy atom. The van der Waals surface area contributed by atoms with Crippen LogP contribution in [0.4, 0.5) is 0 Å². The van der Waals surface area contributed by atoms with Gasteiger partial charge in [-0.2, -0.15) is 10.1 Å². The van der Waals surface area contributed by atoms with Crippen LogP contribution in [0, 0.1) is 0 Å². The summed E-state index contributed by atoms with van der Waals surface area (Å²) in [6.45, 7) is 23.5. The van der Waals surface area contributed by atoms with Gasteiger partial charge < -0.3 is 24.6 Å². The smallest absolute Gasteiger partial charge is 0.338 e. The summed E-state index contributed by atoms with van der Waals surface area (Å²) in [6.07, 6.45) is 1.45. The first-order chi connectivity index (χ1) is 21.7. The quantitative estimate of drug-likeness (QED) is 0.249. The van der Waals surface area contributed by atoms with Crippen molar-refractivity contribution in [3.8, 4) is 0 Å². The van der Waals surface area contributed by atoms with E-state index in [1.807, 2.05) is 55.4 Å². The Bertz CT molecular complexity index is 1180. The molecule has 3 saturated heterocycles. The SMILES string of the molecule is CN1C(C)(C)CC(OC(=O)c2cc(C(=O)OC3CC(C)(C)N(O)C(C)(C)C3)cc(C(=O)OC3CC(C)(C)N(O)C(C)(C)C3)c2)CC1(C)C. The highest BCUT2D eigenvalue weighted by atomic mass is 16.6. The monoisotopic (exact) mass is 673 g/mol. The standard InChI is InChI=1S/C37H59N3O8/c1-32(2)17-26(18-33(3,4)38(32)13)46-29(41)23-14-24(30(42)47-27-19-34(5,6)39(44)35(7,8)20-27)16-25(15-23)31(43)48-28-21-36(9,10)40(45)37(11,12)22-28/h14-16,26-28,44-45H,17-22H2,1-13H3. The van der Waals surface area contributed by atoms with Gasteiger partial charge >= 0.3 is 17.9 Å². The number of piperidine rings is 3. The third kappa shape index (κ3) is 7.91. The number of carbonyl (C=O) groups is 3. The Morgan fingerprint density at radius 2 is 0.708 bits per heavy atom. The summed E-state index contributed by atoms with van der Waals surface area (Å²) in [6, 6.07) is 4.24.